The first-order valence-corrected chi connectivity index (χ1v) is 12.6. The maximum Gasteiger partial charge on any atom is 0.253 e. The average molecular weight is 481 g/mol. The van der Waals surface area contributed by atoms with Crippen LogP contribution in [0, 0.1) is 12.8 Å². The molecule has 1 aliphatic carbocycles. The van der Waals surface area contributed by atoms with E-state index in [2.05, 4.69) is 40.6 Å². The third-order valence-corrected chi connectivity index (χ3v) is 7.94. The zero-order valence-electron chi connectivity index (χ0n) is 21.0. The van der Waals surface area contributed by atoms with Crippen molar-refractivity contribution in [3.05, 3.63) is 120 Å². The molecule has 1 heterocycles. The Morgan fingerprint density at radius 3 is 2.28 bits per heavy atom. The molecule has 1 aliphatic rings. The SMILES string of the molecule is COc1cccc(C[n+]2ccn(C3CCC(C(C(N)=O)(c4ccccc4)c4ccccc4)C3)c2C)c1. The highest BCUT2D eigenvalue weighted by Gasteiger charge is 2.51. The summed E-state index contributed by atoms with van der Waals surface area (Å²) >= 11 is 0. The number of rotatable bonds is 8. The molecule has 2 unspecified atom stereocenters. The molecule has 0 bridgehead atoms. The molecule has 5 nitrogen and oxygen atoms in total. The first-order valence-electron chi connectivity index (χ1n) is 12.6. The van der Waals surface area contributed by atoms with Crippen LogP contribution < -0.4 is 15.0 Å². The van der Waals surface area contributed by atoms with Gasteiger partial charge in [0.1, 0.15) is 36.1 Å². The summed E-state index contributed by atoms with van der Waals surface area (Å²) < 4.78 is 10.0. The van der Waals surface area contributed by atoms with Crippen LogP contribution in [-0.4, -0.2) is 17.6 Å². The minimum absolute atomic E-state index is 0.110. The molecule has 3 aromatic carbocycles. The maximum atomic E-state index is 13.4. The number of imidazole rings is 1. The van der Waals surface area contributed by atoms with Gasteiger partial charge in [0.15, 0.2) is 0 Å². The topological polar surface area (TPSA) is 61.1 Å². The van der Waals surface area contributed by atoms with Gasteiger partial charge in [0, 0.05) is 6.92 Å². The Morgan fingerprint density at radius 1 is 1.00 bits per heavy atom. The second-order valence-corrected chi connectivity index (χ2v) is 9.80. The number of benzene rings is 3. The summed E-state index contributed by atoms with van der Waals surface area (Å²) in [6.45, 7) is 2.95. The van der Waals surface area contributed by atoms with Crippen LogP contribution in [0.3, 0.4) is 0 Å². The lowest BCUT2D eigenvalue weighted by atomic mass is 9.64. The van der Waals surface area contributed by atoms with E-state index >= 15 is 0 Å². The van der Waals surface area contributed by atoms with Crippen LogP contribution in [0.5, 0.6) is 5.75 Å². The van der Waals surface area contributed by atoms with Crippen molar-refractivity contribution in [1.29, 1.82) is 0 Å². The van der Waals surface area contributed by atoms with E-state index in [1.165, 1.54) is 11.4 Å². The lowest BCUT2D eigenvalue weighted by Gasteiger charge is -2.37. The third-order valence-electron chi connectivity index (χ3n) is 7.94. The van der Waals surface area contributed by atoms with Gasteiger partial charge in [-0.25, -0.2) is 9.13 Å². The van der Waals surface area contributed by atoms with Crippen molar-refractivity contribution in [2.45, 2.75) is 44.2 Å². The predicted octanol–water partition coefficient (Wildman–Crippen LogP) is 4.95. The molecule has 2 atom stereocenters. The van der Waals surface area contributed by atoms with Crippen molar-refractivity contribution in [2.75, 3.05) is 7.11 Å². The normalized spacial score (nSPS) is 17.7. The van der Waals surface area contributed by atoms with Gasteiger partial charge in [-0.15, -0.1) is 0 Å². The standard InChI is InChI=1S/C31H33N3O2/c1-23-33(22-24-10-9-15-29(20-24)36-2)18-19-34(23)28-17-16-27(21-28)31(30(32)35,25-11-5-3-6-12-25)26-13-7-4-8-14-26/h3-15,18-20,27-28H,16-17,21-22H2,1-2H3,(H-,32,35)/p+1. The predicted molar refractivity (Wildman–Crippen MR) is 141 cm³/mol. The Morgan fingerprint density at radius 2 is 1.67 bits per heavy atom. The van der Waals surface area contributed by atoms with Gasteiger partial charge >= 0.3 is 0 Å². The number of carbonyl (C=O) groups is 1. The highest BCUT2D eigenvalue weighted by molar-refractivity contribution is 5.91. The quantitative estimate of drug-likeness (QED) is 0.363. The average Bonchev–Trinajstić information content (AvgIpc) is 3.53. The van der Waals surface area contributed by atoms with E-state index in [0.29, 0.717) is 6.04 Å². The molecule has 36 heavy (non-hydrogen) atoms. The molecular formula is C31H34N3O2+. The van der Waals surface area contributed by atoms with E-state index in [1.54, 1.807) is 7.11 Å². The molecule has 1 saturated carbocycles. The van der Waals surface area contributed by atoms with Crippen molar-refractivity contribution >= 4 is 5.91 Å². The summed E-state index contributed by atoms with van der Waals surface area (Å²) in [4.78, 5) is 13.4. The molecule has 0 radical (unpaired) electrons. The largest absolute Gasteiger partial charge is 0.497 e. The molecular weight excluding hydrogens is 446 g/mol. The zero-order chi connectivity index (χ0) is 25.1. The minimum Gasteiger partial charge on any atom is -0.497 e. The molecule has 1 aromatic heterocycles. The lowest BCUT2D eigenvalue weighted by molar-refractivity contribution is -0.694. The number of nitrogens with two attached hydrogens (primary N) is 1. The summed E-state index contributed by atoms with van der Waals surface area (Å²) in [6, 6.07) is 28.7. The van der Waals surface area contributed by atoms with E-state index in [0.717, 1.165) is 42.7 Å². The molecule has 1 amide bonds. The van der Waals surface area contributed by atoms with E-state index in [4.69, 9.17) is 10.5 Å². The number of primary amides is 1. The van der Waals surface area contributed by atoms with Crippen molar-refractivity contribution in [3.8, 4) is 5.75 Å². The van der Waals surface area contributed by atoms with Crippen molar-refractivity contribution in [1.82, 2.24) is 4.57 Å². The second kappa shape index (κ2) is 10.0. The van der Waals surface area contributed by atoms with Crippen molar-refractivity contribution in [2.24, 2.45) is 11.7 Å². The van der Waals surface area contributed by atoms with Crippen molar-refractivity contribution in [3.63, 3.8) is 0 Å². The number of ether oxygens (including phenoxy) is 1. The molecule has 2 N–H and O–H groups in total. The number of nitrogens with zero attached hydrogens (tertiary/aromatic N) is 2. The van der Waals surface area contributed by atoms with Crippen LogP contribution in [0.1, 0.15) is 47.8 Å². The van der Waals surface area contributed by atoms with E-state index < -0.39 is 5.41 Å². The Bertz CT molecular complexity index is 1290. The Hall–Kier alpha value is -3.86. The lowest BCUT2D eigenvalue weighted by Crippen LogP contribution is -2.47. The summed E-state index contributed by atoms with van der Waals surface area (Å²) in [7, 11) is 1.70. The monoisotopic (exact) mass is 480 g/mol. The fourth-order valence-electron chi connectivity index (χ4n) is 6.17. The molecule has 5 rings (SSSR count). The molecule has 0 spiro atoms. The number of hydrogen-bond donors (Lipinski definition) is 1. The van der Waals surface area contributed by atoms with Gasteiger partial charge in [-0.3, -0.25) is 4.79 Å². The molecule has 184 valence electrons. The van der Waals surface area contributed by atoms with Gasteiger partial charge in [-0.1, -0.05) is 72.8 Å². The third kappa shape index (κ3) is 4.19. The zero-order valence-corrected chi connectivity index (χ0v) is 21.0. The number of hydrogen-bond acceptors (Lipinski definition) is 2. The highest BCUT2D eigenvalue weighted by atomic mass is 16.5. The summed E-state index contributed by atoms with van der Waals surface area (Å²) in [5, 5.41) is 0. The van der Waals surface area contributed by atoms with Gasteiger partial charge in [-0.2, -0.15) is 0 Å². The maximum absolute atomic E-state index is 13.4. The van der Waals surface area contributed by atoms with Crippen LogP contribution >= 0.6 is 0 Å². The van der Waals surface area contributed by atoms with Gasteiger partial charge in [0.25, 0.3) is 5.82 Å². The van der Waals surface area contributed by atoms with Crippen molar-refractivity contribution < 1.29 is 14.1 Å². The highest BCUT2D eigenvalue weighted by Crippen LogP contribution is 2.49. The fraction of sp³-hybridized carbons (Fsp3) is 0.290. The van der Waals surface area contributed by atoms with E-state index in [1.807, 2.05) is 72.8 Å². The Kier molecular flexibility index (Phi) is 6.64. The van der Waals surface area contributed by atoms with Crippen LogP contribution in [0.15, 0.2) is 97.3 Å². The van der Waals surface area contributed by atoms with Gasteiger partial charge < -0.3 is 10.5 Å². The van der Waals surface area contributed by atoms with Crippen LogP contribution in [0.2, 0.25) is 0 Å². The first kappa shape index (κ1) is 23.9. The number of carbonyl (C=O) groups excluding carboxylic acids is 1. The van der Waals surface area contributed by atoms with Crippen LogP contribution in [0.4, 0.5) is 0 Å². The van der Waals surface area contributed by atoms with Crippen LogP contribution in [-0.2, 0) is 16.8 Å². The Labute approximate surface area is 213 Å². The summed E-state index contributed by atoms with van der Waals surface area (Å²) in [5.74, 6) is 1.90. The minimum atomic E-state index is -0.852. The number of aromatic nitrogens is 2. The second-order valence-electron chi connectivity index (χ2n) is 9.80. The fourth-order valence-corrected chi connectivity index (χ4v) is 6.17. The molecule has 1 fully saturated rings. The molecule has 0 saturated heterocycles. The molecule has 0 aliphatic heterocycles. The number of methoxy groups -OCH3 is 1. The van der Waals surface area contributed by atoms with Crippen LogP contribution in [0.25, 0.3) is 0 Å². The smallest absolute Gasteiger partial charge is 0.253 e. The summed E-state index contributed by atoms with van der Waals surface area (Å²) in [5.41, 5.74) is 8.59. The number of amides is 1. The molecule has 5 heteroatoms. The van der Waals surface area contributed by atoms with E-state index in [9.17, 15) is 4.79 Å². The van der Waals surface area contributed by atoms with Gasteiger partial charge in [0.2, 0.25) is 5.91 Å². The summed E-state index contributed by atoms with van der Waals surface area (Å²) in [6.07, 6.45) is 7.16. The molecule has 4 aromatic rings. The van der Waals surface area contributed by atoms with E-state index in [-0.39, 0.29) is 11.8 Å². The first-order chi connectivity index (χ1) is 17.5. The van der Waals surface area contributed by atoms with Gasteiger partial charge in [-0.05, 0) is 54.0 Å². The van der Waals surface area contributed by atoms with Gasteiger partial charge in [0.05, 0.1) is 7.11 Å². The Balaban J connectivity index is 1.46.